The second-order valence-corrected chi connectivity index (χ2v) is 8.76. The third-order valence-corrected chi connectivity index (χ3v) is 5.90. The summed E-state index contributed by atoms with van der Waals surface area (Å²) in [5.41, 5.74) is 1.61. The molecule has 0 spiro atoms. The number of aromatic carboxylic acids is 1. The van der Waals surface area contributed by atoms with Crippen LogP contribution in [0.25, 0.3) is 11.3 Å². The fraction of sp³-hybridized carbons (Fsp3) is 0.182. The molecule has 2 N–H and O–H groups in total. The van der Waals surface area contributed by atoms with Crippen LogP contribution in [0.1, 0.15) is 28.5 Å². The quantitative estimate of drug-likeness (QED) is 0.182. The van der Waals surface area contributed by atoms with Gasteiger partial charge in [-0.25, -0.2) is 4.79 Å². The molecule has 0 bridgehead atoms. The van der Waals surface area contributed by atoms with Crippen LogP contribution in [0.3, 0.4) is 0 Å². The second-order valence-electron chi connectivity index (χ2n) is 7.37. The Morgan fingerprint density at radius 1 is 1.24 bits per heavy atom. The van der Waals surface area contributed by atoms with Crippen molar-refractivity contribution in [3.05, 3.63) is 73.4 Å². The van der Waals surface area contributed by atoms with Crippen LogP contribution in [-0.4, -0.2) is 48.0 Å². The van der Waals surface area contributed by atoms with Crippen LogP contribution in [-0.2, 0) is 13.5 Å². The first-order chi connectivity index (χ1) is 16.0. The molecular weight excluding hydrogens is 503 g/mol. The van der Waals surface area contributed by atoms with Crippen LogP contribution >= 0.6 is 35.4 Å². The molecule has 0 fully saturated rings. The molecule has 3 aromatic rings. The van der Waals surface area contributed by atoms with Crippen LogP contribution in [0.5, 0.6) is 5.75 Å². The van der Waals surface area contributed by atoms with E-state index in [1.807, 2.05) is 0 Å². The van der Waals surface area contributed by atoms with E-state index >= 15 is 0 Å². The van der Waals surface area contributed by atoms with Gasteiger partial charge in [0.05, 0.1) is 32.8 Å². The fourth-order valence-electron chi connectivity index (χ4n) is 3.29. The van der Waals surface area contributed by atoms with E-state index in [2.05, 4.69) is 10.1 Å². The molecule has 2 aromatic carbocycles. The molecule has 0 aliphatic rings. The van der Waals surface area contributed by atoms with E-state index in [4.69, 9.17) is 35.4 Å². The lowest BCUT2D eigenvalue weighted by Crippen LogP contribution is -2.09. The number of non-ortho nitro benzene ring substituents is 1. The molecule has 0 saturated heterocycles. The van der Waals surface area contributed by atoms with E-state index in [-0.39, 0.29) is 35.7 Å². The largest absolute Gasteiger partial charge is 0.504 e. The average Bonchev–Trinajstić information content (AvgIpc) is 3.07. The zero-order chi connectivity index (χ0) is 25.2. The van der Waals surface area contributed by atoms with Crippen LogP contribution in [0.2, 0.25) is 10.0 Å². The van der Waals surface area contributed by atoms with Gasteiger partial charge in [0, 0.05) is 36.0 Å². The number of carboxylic acid groups (broad SMARTS) is 1. The fourth-order valence-corrected chi connectivity index (χ4v) is 3.82. The molecule has 0 aliphatic carbocycles. The minimum atomic E-state index is -1.27. The normalized spacial score (nSPS) is 11.5. The van der Waals surface area contributed by atoms with Gasteiger partial charge < -0.3 is 10.2 Å². The Morgan fingerprint density at radius 2 is 1.94 bits per heavy atom. The SMILES string of the molecule is CC(=NCC(=S)Cc1cc(C(=O)O)cc([N+](=O)[O-])c1)c1nn(C)c(-c2ccc(Cl)c(Cl)c2)c1O. The molecule has 0 aliphatic heterocycles. The third kappa shape index (κ3) is 5.58. The predicted molar refractivity (Wildman–Crippen MR) is 134 cm³/mol. The van der Waals surface area contributed by atoms with Crippen LogP contribution in [0, 0.1) is 10.1 Å². The van der Waals surface area contributed by atoms with Gasteiger partial charge >= 0.3 is 5.97 Å². The standard InChI is InChI=1S/C22H18Cl2N4O5S/c1-11(19-21(29)20(27(2)26-19)13-3-4-17(23)18(24)9-13)25-10-16(34)7-12-5-14(22(30)31)8-15(6-12)28(32)33/h3-6,8-9,29H,7,10H2,1-2H3,(H,30,31). The van der Waals surface area contributed by atoms with E-state index in [0.29, 0.717) is 37.4 Å². The number of carbonyl (C=O) groups is 1. The number of thiocarbonyl (C=S) groups is 1. The van der Waals surface area contributed by atoms with Crippen molar-refractivity contribution in [2.45, 2.75) is 13.3 Å². The van der Waals surface area contributed by atoms with Crippen LogP contribution in [0.4, 0.5) is 5.69 Å². The number of aryl methyl sites for hydroxylation is 1. The molecule has 0 amide bonds. The number of carboxylic acids is 1. The number of aromatic nitrogens is 2. The van der Waals surface area contributed by atoms with E-state index in [0.717, 1.165) is 6.07 Å². The Kier molecular flexibility index (Phi) is 7.65. The molecule has 12 heteroatoms. The minimum Gasteiger partial charge on any atom is -0.504 e. The molecule has 1 heterocycles. The second kappa shape index (κ2) is 10.3. The van der Waals surface area contributed by atoms with Crippen LogP contribution < -0.4 is 0 Å². The molecular formula is C22H18Cl2N4O5S. The van der Waals surface area contributed by atoms with Crippen molar-refractivity contribution < 1.29 is 19.9 Å². The van der Waals surface area contributed by atoms with Gasteiger partial charge in [0.25, 0.3) is 5.69 Å². The summed E-state index contributed by atoms with van der Waals surface area (Å²) in [6.45, 7) is 1.74. The maximum absolute atomic E-state index is 11.3. The summed E-state index contributed by atoms with van der Waals surface area (Å²) in [5.74, 6) is -1.36. The minimum absolute atomic E-state index is 0.0738. The van der Waals surface area contributed by atoms with Gasteiger partial charge in [0.1, 0.15) is 11.4 Å². The highest BCUT2D eigenvalue weighted by molar-refractivity contribution is 7.80. The summed E-state index contributed by atoms with van der Waals surface area (Å²) in [5, 5.41) is 36.1. The first kappa shape index (κ1) is 25.3. The highest BCUT2D eigenvalue weighted by Gasteiger charge is 2.20. The van der Waals surface area contributed by atoms with E-state index < -0.39 is 10.9 Å². The van der Waals surface area contributed by atoms with E-state index in [9.17, 15) is 25.1 Å². The summed E-state index contributed by atoms with van der Waals surface area (Å²) in [7, 11) is 1.67. The van der Waals surface area contributed by atoms with E-state index in [1.165, 1.54) is 16.8 Å². The summed E-state index contributed by atoms with van der Waals surface area (Å²) in [4.78, 5) is 26.5. The number of aromatic hydroxyl groups is 1. The van der Waals surface area contributed by atoms with Gasteiger partial charge in [0.2, 0.25) is 0 Å². The lowest BCUT2D eigenvalue weighted by Gasteiger charge is -2.05. The zero-order valence-corrected chi connectivity index (χ0v) is 20.3. The molecule has 34 heavy (non-hydrogen) atoms. The summed E-state index contributed by atoms with van der Waals surface area (Å²) in [6, 6.07) is 8.56. The smallest absolute Gasteiger partial charge is 0.335 e. The average molecular weight is 521 g/mol. The number of nitro groups is 1. The monoisotopic (exact) mass is 520 g/mol. The lowest BCUT2D eigenvalue weighted by atomic mass is 10.0. The van der Waals surface area contributed by atoms with Gasteiger partial charge in [-0.15, -0.1) is 0 Å². The molecule has 0 unspecified atom stereocenters. The number of nitrogens with zero attached hydrogens (tertiary/aromatic N) is 4. The molecule has 3 rings (SSSR count). The third-order valence-electron chi connectivity index (χ3n) is 4.89. The van der Waals surface area contributed by atoms with Crippen molar-refractivity contribution in [2.75, 3.05) is 6.54 Å². The first-order valence-electron chi connectivity index (χ1n) is 9.74. The number of rotatable bonds is 8. The van der Waals surface area contributed by atoms with Crippen molar-refractivity contribution in [1.82, 2.24) is 9.78 Å². The molecule has 176 valence electrons. The maximum Gasteiger partial charge on any atom is 0.335 e. The molecule has 0 atom stereocenters. The Balaban J connectivity index is 1.81. The van der Waals surface area contributed by atoms with E-state index in [1.54, 1.807) is 32.2 Å². The number of nitro benzene ring substituents is 1. The summed E-state index contributed by atoms with van der Waals surface area (Å²) >= 11 is 17.4. The van der Waals surface area contributed by atoms with Gasteiger partial charge in [-0.3, -0.25) is 19.8 Å². The maximum atomic E-state index is 11.3. The van der Waals surface area contributed by atoms with Crippen molar-refractivity contribution in [2.24, 2.45) is 12.0 Å². The Hall–Kier alpha value is -3.34. The van der Waals surface area contributed by atoms with Gasteiger partial charge in [0.15, 0.2) is 5.75 Å². The summed E-state index contributed by atoms with van der Waals surface area (Å²) < 4.78 is 1.50. The Labute approximate surface area is 209 Å². The Morgan fingerprint density at radius 3 is 2.56 bits per heavy atom. The Bertz CT molecular complexity index is 1320. The van der Waals surface area contributed by atoms with Crippen molar-refractivity contribution >= 4 is 57.7 Å². The summed E-state index contributed by atoms with van der Waals surface area (Å²) in [6.07, 6.45) is 0.122. The van der Waals surface area contributed by atoms with Gasteiger partial charge in [-0.05, 0) is 30.7 Å². The number of hydrogen-bond donors (Lipinski definition) is 2. The van der Waals surface area contributed by atoms with Crippen LogP contribution in [0.15, 0.2) is 41.4 Å². The van der Waals surface area contributed by atoms with Crippen molar-refractivity contribution in [3.63, 3.8) is 0 Å². The topological polar surface area (TPSA) is 131 Å². The molecule has 9 nitrogen and oxygen atoms in total. The molecule has 1 aromatic heterocycles. The molecule has 0 saturated carbocycles. The van der Waals surface area contributed by atoms with Crippen molar-refractivity contribution in [1.29, 1.82) is 0 Å². The number of halogens is 2. The van der Waals surface area contributed by atoms with Gasteiger partial charge in [-0.1, -0.05) is 41.5 Å². The number of aliphatic imine (C=N–C) groups is 1. The lowest BCUT2D eigenvalue weighted by molar-refractivity contribution is -0.384. The molecule has 0 radical (unpaired) electrons. The first-order valence-corrected chi connectivity index (χ1v) is 10.9. The van der Waals surface area contributed by atoms with Crippen molar-refractivity contribution in [3.8, 4) is 17.0 Å². The highest BCUT2D eigenvalue weighted by Crippen LogP contribution is 2.35. The number of hydrogen-bond acceptors (Lipinski definition) is 7. The predicted octanol–water partition coefficient (Wildman–Crippen LogP) is 5.13. The zero-order valence-electron chi connectivity index (χ0n) is 18.0. The number of benzene rings is 2. The highest BCUT2D eigenvalue weighted by atomic mass is 35.5. The van der Waals surface area contributed by atoms with Gasteiger partial charge in [-0.2, -0.15) is 5.10 Å².